The van der Waals surface area contributed by atoms with Crippen LogP contribution >= 0.6 is 0 Å². The van der Waals surface area contributed by atoms with Gasteiger partial charge in [0.15, 0.2) is 0 Å². The van der Waals surface area contributed by atoms with Gasteiger partial charge >= 0.3 is 18.0 Å². The summed E-state index contributed by atoms with van der Waals surface area (Å²) in [4.78, 5) is 11.9. The Labute approximate surface area is 95.8 Å². The van der Waals surface area contributed by atoms with Gasteiger partial charge < -0.3 is 4.90 Å². The Bertz CT molecular complexity index is 289. The van der Waals surface area contributed by atoms with Gasteiger partial charge in [-0.05, 0) is 19.8 Å². The highest BCUT2D eigenvalue weighted by atomic mass is 19.4. The topological polar surface area (TPSA) is 20.3 Å². The van der Waals surface area contributed by atoms with Gasteiger partial charge in [0.2, 0.25) is 0 Å². The highest BCUT2D eigenvalue weighted by Gasteiger charge is 2.64. The first-order valence-corrected chi connectivity index (χ1v) is 5.43. The number of halogens is 5. The maximum Gasteiger partial charge on any atom is 0.463 e. The molecule has 0 radical (unpaired) electrons. The molecule has 2 nitrogen and oxygen atoms in total. The third-order valence-electron chi connectivity index (χ3n) is 2.94. The first-order valence-electron chi connectivity index (χ1n) is 5.43. The van der Waals surface area contributed by atoms with Crippen LogP contribution in [0.25, 0.3) is 0 Å². The van der Waals surface area contributed by atoms with E-state index >= 15 is 0 Å². The van der Waals surface area contributed by atoms with Crippen LogP contribution < -0.4 is 0 Å². The standard InChI is InChI=1S/C10H14F5NO/c1-7-5-3-2-4-6-16(7)8(17)9(11,12)10(13,14)15/h7H,2-6H2,1H3. The SMILES string of the molecule is CC1CCCCCN1C(=O)C(F)(F)C(F)(F)F. The molecule has 0 spiro atoms. The molecule has 0 aliphatic carbocycles. The second-order valence-corrected chi connectivity index (χ2v) is 4.27. The molecule has 1 fully saturated rings. The fraction of sp³-hybridized carbons (Fsp3) is 0.900. The largest absolute Gasteiger partial charge is 0.463 e. The van der Waals surface area contributed by atoms with Crippen molar-refractivity contribution in [3.05, 3.63) is 0 Å². The van der Waals surface area contributed by atoms with E-state index in [-0.39, 0.29) is 6.54 Å². The van der Waals surface area contributed by atoms with Gasteiger partial charge in [-0.1, -0.05) is 12.8 Å². The van der Waals surface area contributed by atoms with Gasteiger partial charge in [-0.25, -0.2) is 0 Å². The molecule has 0 aromatic carbocycles. The fourth-order valence-electron chi connectivity index (χ4n) is 1.88. The van der Waals surface area contributed by atoms with E-state index in [9.17, 15) is 26.7 Å². The number of hydrogen-bond donors (Lipinski definition) is 0. The molecule has 0 saturated carbocycles. The molecule has 1 heterocycles. The molecular formula is C10H14F5NO. The fourth-order valence-corrected chi connectivity index (χ4v) is 1.88. The van der Waals surface area contributed by atoms with Gasteiger partial charge in [0.25, 0.3) is 0 Å². The number of amides is 1. The maximum atomic E-state index is 12.9. The molecule has 17 heavy (non-hydrogen) atoms. The number of hydrogen-bond acceptors (Lipinski definition) is 1. The lowest BCUT2D eigenvalue weighted by molar-refractivity contribution is -0.275. The summed E-state index contributed by atoms with van der Waals surface area (Å²) < 4.78 is 62.0. The summed E-state index contributed by atoms with van der Waals surface area (Å²) in [5.41, 5.74) is 0. The normalized spacial score (nSPS) is 23.4. The maximum absolute atomic E-state index is 12.9. The van der Waals surface area contributed by atoms with Crippen LogP contribution in [0.15, 0.2) is 0 Å². The third kappa shape index (κ3) is 2.87. The van der Waals surface area contributed by atoms with E-state index in [1.807, 2.05) is 0 Å². The van der Waals surface area contributed by atoms with Crippen molar-refractivity contribution in [3.63, 3.8) is 0 Å². The Morgan fingerprint density at radius 3 is 2.24 bits per heavy atom. The molecule has 0 aromatic heterocycles. The second kappa shape index (κ2) is 4.78. The van der Waals surface area contributed by atoms with Gasteiger partial charge in [0.05, 0.1) is 0 Å². The van der Waals surface area contributed by atoms with E-state index in [2.05, 4.69) is 0 Å². The molecular weight excluding hydrogens is 245 g/mol. The number of carbonyl (C=O) groups excluding carboxylic acids is 1. The monoisotopic (exact) mass is 259 g/mol. The number of rotatable bonds is 1. The molecule has 100 valence electrons. The van der Waals surface area contributed by atoms with Crippen LogP contribution in [-0.4, -0.2) is 35.5 Å². The zero-order valence-electron chi connectivity index (χ0n) is 9.36. The zero-order valence-corrected chi connectivity index (χ0v) is 9.36. The van der Waals surface area contributed by atoms with Crippen molar-refractivity contribution in [2.75, 3.05) is 6.54 Å². The van der Waals surface area contributed by atoms with Crippen LogP contribution in [0.5, 0.6) is 0 Å². The third-order valence-corrected chi connectivity index (χ3v) is 2.94. The van der Waals surface area contributed by atoms with Crippen LogP contribution in [0.1, 0.15) is 32.6 Å². The van der Waals surface area contributed by atoms with Crippen molar-refractivity contribution >= 4 is 5.91 Å². The van der Waals surface area contributed by atoms with Crippen LogP contribution in [0.2, 0.25) is 0 Å². The number of nitrogens with zero attached hydrogens (tertiary/aromatic N) is 1. The summed E-state index contributed by atoms with van der Waals surface area (Å²) in [6, 6.07) is -0.571. The number of carbonyl (C=O) groups is 1. The molecule has 0 aromatic rings. The lowest BCUT2D eigenvalue weighted by Crippen LogP contribution is -2.54. The Morgan fingerprint density at radius 2 is 1.71 bits per heavy atom. The summed E-state index contributed by atoms with van der Waals surface area (Å²) in [5, 5.41) is 0. The Hall–Kier alpha value is -0.880. The average molecular weight is 259 g/mol. The minimum absolute atomic E-state index is 0.0360. The first-order chi connectivity index (χ1) is 7.68. The second-order valence-electron chi connectivity index (χ2n) is 4.27. The molecule has 1 saturated heterocycles. The minimum atomic E-state index is -5.82. The van der Waals surface area contributed by atoms with Crippen LogP contribution in [0.3, 0.4) is 0 Å². The Balaban J connectivity index is 2.87. The van der Waals surface area contributed by atoms with E-state index in [4.69, 9.17) is 0 Å². The smallest absolute Gasteiger partial charge is 0.334 e. The number of alkyl halides is 5. The van der Waals surface area contributed by atoms with Crippen LogP contribution in [0, 0.1) is 0 Å². The molecule has 1 unspecified atom stereocenters. The molecule has 0 N–H and O–H groups in total. The zero-order chi connectivity index (χ0) is 13.3. The molecule has 1 amide bonds. The van der Waals surface area contributed by atoms with Gasteiger partial charge in [-0.2, -0.15) is 22.0 Å². The Kier molecular flexibility index (Phi) is 3.99. The molecule has 1 aliphatic rings. The molecule has 1 atom stereocenters. The van der Waals surface area contributed by atoms with Crippen molar-refractivity contribution in [1.82, 2.24) is 4.90 Å². The van der Waals surface area contributed by atoms with Crippen molar-refractivity contribution in [2.45, 2.75) is 50.7 Å². The molecule has 1 rings (SSSR count). The van der Waals surface area contributed by atoms with Gasteiger partial charge in [0, 0.05) is 12.6 Å². The summed E-state index contributed by atoms with van der Waals surface area (Å²) in [5.74, 6) is -7.41. The van der Waals surface area contributed by atoms with Crippen molar-refractivity contribution in [3.8, 4) is 0 Å². The van der Waals surface area contributed by atoms with Crippen LogP contribution in [0.4, 0.5) is 22.0 Å². The minimum Gasteiger partial charge on any atom is -0.334 e. The van der Waals surface area contributed by atoms with E-state index in [1.165, 1.54) is 6.92 Å². The molecule has 7 heteroatoms. The number of likely N-dealkylation sites (tertiary alicyclic amines) is 1. The summed E-state index contributed by atoms with van der Waals surface area (Å²) in [7, 11) is 0. The quantitative estimate of drug-likeness (QED) is 0.663. The van der Waals surface area contributed by atoms with Gasteiger partial charge in [-0.15, -0.1) is 0 Å². The highest BCUT2D eigenvalue weighted by Crippen LogP contribution is 2.37. The van der Waals surface area contributed by atoms with E-state index in [0.717, 1.165) is 12.8 Å². The lowest BCUT2D eigenvalue weighted by atomic mass is 10.1. The average Bonchev–Trinajstić information content (AvgIpc) is 2.40. The van der Waals surface area contributed by atoms with E-state index in [0.29, 0.717) is 17.7 Å². The predicted octanol–water partition coefficient (Wildman–Crippen LogP) is 2.98. The summed E-state index contributed by atoms with van der Waals surface area (Å²) in [6.07, 6.45) is -3.42. The van der Waals surface area contributed by atoms with Crippen molar-refractivity contribution in [2.24, 2.45) is 0 Å². The van der Waals surface area contributed by atoms with E-state index < -0.39 is 24.0 Å². The van der Waals surface area contributed by atoms with Crippen LogP contribution in [-0.2, 0) is 4.79 Å². The first kappa shape index (κ1) is 14.2. The molecule has 0 bridgehead atoms. The molecule has 1 aliphatic heterocycles. The predicted molar refractivity (Wildman–Crippen MR) is 50.6 cm³/mol. The Morgan fingerprint density at radius 1 is 1.12 bits per heavy atom. The van der Waals surface area contributed by atoms with E-state index in [1.54, 1.807) is 0 Å². The highest BCUT2D eigenvalue weighted by molar-refractivity contribution is 5.84. The van der Waals surface area contributed by atoms with Gasteiger partial charge in [0.1, 0.15) is 0 Å². The van der Waals surface area contributed by atoms with Gasteiger partial charge in [-0.3, -0.25) is 4.79 Å². The lowest BCUT2D eigenvalue weighted by Gasteiger charge is -2.31. The summed E-state index contributed by atoms with van der Waals surface area (Å²) in [6.45, 7) is 1.46. The summed E-state index contributed by atoms with van der Waals surface area (Å²) >= 11 is 0. The van der Waals surface area contributed by atoms with Crippen molar-refractivity contribution in [1.29, 1.82) is 0 Å². The van der Waals surface area contributed by atoms with Crippen molar-refractivity contribution < 1.29 is 26.7 Å².